The van der Waals surface area contributed by atoms with Gasteiger partial charge in [-0.05, 0) is 76.2 Å². The van der Waals surface area contributed by atoms with Crippen LogP contribution in [0.15, 0.2) is 0 Å². The molecule has 9 atom stereocenters. The van der Waals surface area contributed by atoms with Crippen LogP contribution in [0.2, 0.25) is 0 Å². The Labute approximate surface area is 235 Å². The molecule has 4 aliphatic heterocycles. The highest BCUT2D eigenvalue weighted by Crippen LogP contribution is 2.54. The minimum atomic E-state index is -4.33. The van der Waals surface area contributed by atoms with Crippen molar-refractivity contribution in [3.8, 4) is 0 Å². The monoisotopic (exact) mass is 573 g/mol. The van der Waals surface area contributed by atoms with Gasteiger partial charge in [-0.25, -0.2) is 15.2 Å². The SMILES string of the molecule is CC[C@@H](C1CC2C(=O)N(C3CCCC(C4(CC5NNCN5C)COC4)C3)CC2C(C(F)(F)F)C1)N1CC[C@H](F)C1. The Morgan fingerprint density at radius 3 is 2.52 bits per heavy atom. The number of likely N-dealkylation sites (tertiary alicyclic amines) is 2. The standard InChI is InChI=1S/C29H47F4N5O2/c1-3-25(37-8-7-20(30)13-37)18-9-22-23(24(10-18)29(31,32)33)14-38(27(22)39)21-6-4-5-19(11-21)28(15-40-16-28)12-26-35-34-17-36(26)2/h18-26,34-35H,3-17H2,1-2H3/t18?,19?,20-,21?,22?,23?,24?,25-,26?/m0/s1. The highest BCUT2D eigenvalue weighted by Gasteiger charge is 2.59. The number of halogens is 4. The van der Waals surface area contributed by atoms with Crippen LogP contribution in [0, 0.1) is 35.0 Å². The molecule has 6 aliphatic rings. The second-order valence-corrected chi connectivity index (χ2v) is 13.8. The number of carbonyl (C=O) groups is 1. The summed E-state index contributed by atoms with van der Waals surface area (Å²) >= 11 is 0. The number of hydrogen-bond donors (Lipinski definition) is 2. The molecule has 0 bridgehead atoms. The number of amides is 1. The summed E-state index contributed by atoms with van der Waals surface area (Å²) < 4.78 is 63.3. The van der Waals surface area contributed by atoms with Crippen molar-refractivity contribution in [1.82, 2.24) is 25.6 Å². The van der Waals surface area contributed by atoms with Gasteiger partial charge in [0.15, 0.2) is 0 Å². The van der Waals surface area contributed by atoms with Gasteiger partial charge in [-0.2, -0.15) is 13.2 Å². The van der Waals surface area contributed by atoms with Crippen LogP contribution >= 0.6 is 0 Å². The largest absolute Gasteiger partial charge is 0.392 e. The number of fused-ring (bicyclic) bond motifs is 1. The molecule has 0 spiro atoms. The van der Waals surface area contributed by atoms with E-state index >= 15 is 0 Å². The summed E-state index contributed by atoms with van der Waals surface area (Å²) in [6.07, 6.45) is 1.42. The van der Waals surface area contributed by atoms with Crippen LogP contribution in [-0.2, 0) is 9.53 Å². The molecule has 4 saturated heterocycles. The average molecular weight is 574 g/mol. The number of rotatable bonds is 7. The maximum absolute atomic E-state index is 14.5. The smallest absolute Gasteiger partial charge is 0.380 e. The lowest BCUT2D eigenvalue weighted by Crippen LogP contribution is -2.56. The first kappa shape index (κ1) is 29.1. The number of ether oxygens (including phenoxy) is 1. The zero-order chi connectivity index (χ0) is 28.2. The number of nitrogens with one attached hydrogen (secondary N) is 2. The Balaban J connectivity index is 1.18. The summed E-state index contributed by atoms with van der Waals surface area (Å²) in [7, 11) is 2.09. The van der Waals surface area contributed by atoms with E-state index in [1.54, 1.807) is 0 Å². The van der Waals surface area contributed by atoms with Crippen LogP contribution in [0.4, 0.5) is 17.6 Å². The number of nitrogens with zero attached hydrogens (tertiary/aromatic N) is 3. The van der Waals surface area contributed by atoms with Gasteiger partial charge in [0.1, 0.15) is 6.17 Å². The molecule has 7 unspecified atom stereocenters. The summed E-state index contributed by atoms with van der Waals surface area (Å²) in [5, 5.41) is 0. The van der Waals surface area contributed by atoms with Crippen molar-refractivity contribution in [2.45, 2.75) is 95.3 Å². The van der Waals surface area contributed by atoms with Gasteiger partial charge in [0.25, 0.3) is 0 Å². The quantitative estimate of drug-likeness (QED) is 0.453. The van der Waals surface area contributed by atoms with E-state index in [0.29, 0.717) is 51.5 Å². The lowest BCUT2D eigenvalue weighted by Gasteiger charge is -2.52. The van der Waals surface area contributed by atoms with Gasteiger partial charge in [-0.3, -0.25) is 14.6 Å². The third kappa shape index (κ3) is 5.31. The van der Waals surface area contributed by atoms with E-state index < -0.39 is 30.1 Å². The minimum Gasteiger partial charge on any atom is -0.380 e. The molecule has 6 fully saturated rings. The highest BCUT2D eigenvalue weighted by atomic mass is 19.4. The van der Waals surface area contributed by atoms with Gasteiger partial charge in [0.05, 0.1) is 32.0 Å². The molecule has 0 aromatic rings. The average Bonchev–Trinajstić information content (AvgIpc) is 3.60. The van der Waals surface area contributed by atoms with E-state index in [2.05, 4.69) is 27.7 Å². The molecular weight excluding hydrogens is 526 g/mol. The zero-order valence-electron chi connectivity index (χ0n) is 24.0. The number of hydrogen-bond acceptors (Lipinski definition) is 6. The Bertz CT molecular complexity index is 919. The molecule has 6 rings (SSSR count). The summed E-state index contributed by atoms with van der Waals surface area (Å²) in [5.74, 6) is -2.61. The Kier molecular flexibility index (Phi) is 8.17. The van der Waals surface area contributed by atoms with Crippen molar-refractivity contribution in [1.29, 1.82) is 0 Å². The van der Waals surface area contributed by atoms with Gasteiger partial charge in [0, 0.05) is 43.1 Å². The molecule has 7 nitrogen and oxygen atoms in total. The van der Waals surface area contributed by atoms with Crippen LogP contribution in [0.5, 0.6) is 0 Å². The normalized spacial score (nSPS) is 41.8. The van der Waals surface area contributed by atoms with Crippen LogP contribution in [0.25, 0.3) is 0 Å². The highest BCUT2D eigenvalue weighted by molar-refractivity contribution is 5.82. The summed E-state index contributed by atoms with van der Waals surface area (Å²) in [5.41, 5.74) is 6.61. The van der Waals surface area contributed by atoms with Crippen molar-refractivity contribution >= 4 is 5.91 Å². The minimum absolute atomic E-state index is 0.00176. The van der Waals surface area contributed by atoms with Crippen molar-refractivity contribution in [2.24, 2.45) is 35.0 Å². The maximum Gasteiger partial charge on any atom is 0.392 e. The molecule has 0 radical (unpaired) electrons. The van der Waals surface area contributed by atoms with Gasteiger partial charge in [-0.1, -0.05) is 13.3 Å². The first-order chi connectivity index (χ1) is 19.1. The van der Waals surface area contributed by atoms with Crippen LogP contribution in [0.3, 0.4) is 0 Å². The van der Waals surface area contributed by atoms with Gasteiger partial charge < -0.3 is 9.64 Å². The third-order valence-electron chi connectivity index (χ3n) is 11.6. The first-order valence-electron chi connectivity index (χ1n) is 15.6. The van der Waals surface area contributed by atoms with Gasteiger partial charge in [-0.15, -0.1) is 0 Å². The van der Waals surface area contributed by atoms with E-state index in [1.165, 1.54) is 0 Å². The zero-order valence-corrected chi connectivity index (χ0v) is 24.0. The second kappa shape index (κ2) is 11.2. The van der Waals surface area contributed by atoms with Crippen LogP contribution in [-0.4, -0.2) is 97.8 Å². The van der Waals surface area contributed by atoms with E-state index in [1.807, 2.05) is 11.8 Å². The lowest BCUT2D eigenvalue weighted by atomic mass is 9.64. The lowest BCUT2D eigenvalue weighted by molar-refractivity contribution is -0.206. The number of alkyl halides is 4. The van der Waals surface area contributed by atoms with E-state index in [0.717, 1.165) is 38.8 Å². The molecule has 1 amide bonds. The fourth-order valence-electron chi connectivity index (χ4n) is 9.39. The second-order valence-electron chi connectivity index (χ2n) is 13.8. The van der Waals surface area contributed by atoms with E-state index in [9.17, 15) is 22.4 Å². The van der Waals surface area contributed by atoms with Crippen molar-refractivity contribution < 1.29 is 27.1 Å². The number of carbonyl (C=O) groups excluding carboxylic acids is 1. The molecule has 0 aromatic heterocycles. The Hall–Kier alpha value is -1.01. The fourth-order valence-corrected chi connectivity index (χ4v) is 9.39. The molecule has 228 valence electrons. The summed E-state index contributed by atoms with van der Waals surface area (Å²) in [4.78, 5) is 20.1. The fraction of sp³-hybridized carbons (Fsp3) is 0.966. The molecule has 40 heavy (non-hydrogen) atoms. The van der Waals surface area contributed by atoms with Crippen molar-refractivity contribution in [3.63, 3.8) is 0 Å². The van der Waals surface area contributed by atoms with Crippen LogP contribution in [0.1, 0.15) is 64.7 Å². The van der Waals surface area contributed by atoms with E-state index in [4.69, 9.17) is 4.74 Å². The van der Waals surface area contributed by atoms with Crippen LogP contribution < -0.4 is 10.9 Å². The predicted molar refractivity (Wildman–Crippen MR) is 142 cm³/mol. The van der Waals surface area contributed by atoms with E-state index in [-0.39, 0.29) is 48.5 Å². The molecule has 2 aliphatic carbocycles. The molecular formula is C29H47F4N5O2. The number of hydrazine groups is 1. The molecule has 2 N–H and O–H groups in total. The molecule has 11 heteroatoms. The predicted octanol–water partition coefficient (Wildman–Crippen LogP) is 3.76. The third-order valence-corrected chi connectivity index (χ3v) is 11.6. The van der Waals surface area contributed by atoms with Crippen molar-refractivity contribution in [3.05, 3.63) is 0 Å². The molecule has 2 saturated carbocycles. The molecule has 0 aromatic carbocycles. The van der Waals surface area contributed by atoms with Crippen molar-refractivity contribution in [2.75, 3.05) is 46.6 Å². The Morgan fingerprint density at radius 1 is 1.12 bits per heavy atom. The first-order valence-corrected chi connectivity index (χ1v) is 15.6. The molecule has 4 heterocycles. The maximum atomic E-state index is 14.5. The Morgan fingerprint density at radius 2 is 1.93 bits per heavy atom. The van der Waals surface area contributed by atoms with Gasteiger partial charge in [0.2, 0.25) is 5.91 Å². The summed E-state index contributed by atoms with van der Waals surface area (Å²) in [6, 6.07) is -0.0929. The van der Waals surface area contributed by atoms with Gasteiger partial charge >= 0.3 is 6.18 Å². The summed E-state index contributed by atoms with van der Waals surface area (Å²) in [6.45, 7) is 5.32. The topological polar surface area (TPSA) is 60.1 Å².